The number of benzene rings is 4. The number of hydrogen-bond acceptors (Lipinski definition) is 4. The summed E-state index contributed by atoms with van der Waals surface area (Å²) in [6.45, 7) is 8.53. The predicted octanol–water partition coefficient (Wildman–Crippen LogP) is 10.1. The van der Waals surface area contributed by atoms with Crippen molar-refractivity contribution in [2.45, 2.75) is 101 Å². The second kappa shape index (κ2) is 14.2. The minimum absolute atomic E-state index is 0.0195. The van der Waals surface area contributed by atoms with E-state index in [1.165, 1.54) is 45.5 Å². The third kappa shape index (κ3) is 7.01. The highest BCUT2D eigenvalue weighted by atomic mass is 35.5. The lowest BCUT2D eigenvalue weighted by Gasteiger charge is -2.43. The van der Waals surface area contributed by atoms with Gasteiger partial charge in [0.05, 0.1) is 6.10 Å². The van der Waals surface area contributed by atoms with Crippen molar-refractivity contribution in [3.63, 3.8) is 0 Å². The topological polar surface area (TPSA) is 43.4 Å². The highest BCUT2D eigenvalue weighted by Crippen LogP contribution is 2.53. The number of pyridine rings is 1. The van der Waals surface area contributed by atoms with Gasteiger partial charge in [-0.3, -0.25) is 4.98 Å². The zero-order chi connectivity index (χ0) is 35.8. The summed E-state index contributed by atoms with van der Waals surface area (Å²) in [5.41, 5.74) is 6.26. The Morgan fingerprint density at radius 2 is 1.48 bits per heavy atom. The van der Waals surface area contributed by atoms with Crippen molar-refractivity contribution >= 4 is 30.3 Å². The van der Waals surface area contributed by atoms with Gasteiger partial charge in [-0.2, -0.15) is 0 Å². The van der Waals surface area contributed by atoms with E-state index in [0.717, 1.165) is 61.5 Å². The molecule has 52 heavy (non-hydrogen) atoms. The van der Waals surface area contributed by atoms with Crippen LogP contribution in [0.5, 0.6) is 5.75 Å². The SMILES string of the molecule is CC(C)(C)[Si](OCCCC1(c2ccc(Cl)c(CNC3(c4cnccc4-c4ccccc4OC4CC4)CC3)c2)CC1)(c1ccccc1)c1ccccc1. The molecule has 0 atom stereocenters. The molecule has 0 saturated heterocycles. The summed E-state index contributed by atoms with van der Waals surface area (Å²) in [5.74, 6) is 0.968. The fourth-order valence-electron chi connectivity index (χ4n) is 8.37. The van der Waals surface area contributed by atoms with Crippen LogP contribution >= 0.6 is 11.6 Å². The normalized spacial score (nSPS) is 17.5. The number of hydrogen-bond donors (Lipinski definition) is 1. The van der Waals surface area contributed by atoms with Gasteiger partial charge in [0, 0.05) is 41.7 Å². The predicted molar refractivity (Wildman–Crippen MR) is 216 cm³/mol. The minimum Gasteiger partial charge on any atom is -0.490 e. The van der Waals surface area contributed by atoms with Crippen LogP contribution in [0.2, 0.25) is 10.1 Å². The van der Waals surface area contributed by atoms with Crippen LogP contribution < -0.4 is 20.4 Å². The Morgan fingerprint density at radius 3 is 2.12 bits per heavy atom. The van der Waals surface area contributed by atoms with Gasteiger partial charge in [-0.15, -0.1) is 0 Å². The van der Waals surface area contributed by atoms with Crippen LogP contribution in [0.1, 0.15) is 88.8 Å². The van der Waals surface area contributed by atoms with Gasteiger partial charge < -0.3 is 14.5 Å². The fourth-order valence-corrected chi connectivity index (χ4v) is 13.2. The van der Waals surface area contributed by atoms with E-state index in [4.69, 9.17) is 20.8 Å². The van der Waals surface area contributed by atoms with Gasteiger partial charge in [0.2, 0.25) is 0 Å². The summed E-state index contributed by atoms with van der Waals surface area (Å²) in [6, 6.07) is 39.3. The van der Waals surface area contributed by atoms with E-state index >= 15 is 0 Å². The molecule has 3 aliphatic rings. The molecule has 0 amide bonds. The molecule has 6 heteroatoms. The molecular weight excluding hydrogens is 676 g/mol. The van der Waals surface area contributed by atoms with Gasteiger partial charge in [-0.05, 0) is 113 Å². The number of ether oxygens (including phenoxy) is 1. The molecule has 0 radical (unpaired) electrons. The van der Waals surface area contributed by atoms with E-state index in [0.29, 0.717) is 12.6 Å². The van der Waals surface area contributed by atoms with Crippen molar-refractivity contribution < 1.29 is 9.16 Å². The fraction of sp³-hybridized carbons (Fsp3) is 0.370. The molecule has 1 heterocycles. The number of para-hydroxylation sites is 1. The van der Waals surface area contributed by atoms with E-state index in [1.807, 2.05) is 6.20 Å². The second-order valence-corrected chi connectivity index (χ2v) is 21.1. The molecule has 3 saturated carbocycles. The molecule has 1 N–H and O–H groups in total. The summed E-state index contributed by atoms with van der Waals surface area (Å²) < 4.78 is 13.6. The molecule has 0 spiro atoms. The molecule has 5 aromatic rings. The maximum Gasteiger partial charge on any atom is 0.261 e. The van der Waals surface area contributed by atoms with Crippen molar-refractivity contribution in [1.82, 2.24) is 10.3 Å². The van der Waals surface area contributed by atoms with Crippen molar-refractivity contribution in [1.29, 1.82) is 0 Å². The molecule has 0 aliphatic heterocycles. The summed E-state index contributed by atoms with van der Waals surface area (Å²) in [5, 5.41) is 7.45. The van der Waals surface area contributed by atoms with Crippen LogP contribution in [0.15, 0.2) is 122 Å². The summed E-state index contributed by atoms with van der Waals surface area (Å²) in [6.07, 6.45) is 13.3. The number of aromatic nitrogens is 1. The van der Waals surface area contributed by atoms with E-state index < -0.39 is 8.32 Å². The molecular formula is C46H51ClN2O2Si. The third-order valence-corrected chi connectivity index (χ3v) is 17.2. The lowest BCUT2D eigenvalue weighted by atomic mass is 9.89. The zero-order valence-electron chi connectivity index (χ0n) is 30.8. The molecule has 268 valence electrons. The maximum absolute atomic E-state index is 7.26. The van der Waals surface area contributed by atoms with Crippen LogP contribution in [0.25, 0.3) is 11.1 Å². The number of rotatable bonds is 15. The maximum atomic E-state index is 7.26. The third-order valence-electron chi connectivity index (χ3n) is 11.7. The van der Waals surface area contributed by atoms with Gasteiger partial charge in [-0.25, -0.2) is 0 Å². The lowest BCUT2D eigenvalue weighted by Crippen LogP contribution is -2.66. The van der Waals surface area contributed by atoms with Crippen LogP contribution in [0, 0.1) is 0 Å². The second-order valence-electron chi connectivity index (χ2n) is 16.4. The largest absolute Gasteiger partial charge is 0.490 e. The first kappa shape index (κ1) is 35.3. The molecule has 3 fully saturated rings. The molecule has 4 aromatic carbocycles. The van der Waals surface area contributed by atoms with E-state index in [1.54, 1.807) is 0 Å². The first-order valence-corrected chi connectivity index (χ1v) is 21.5. The summed E-state index contributed by atoms with van der Waals surface area (Å²) in [7, 11) is -2.54. The molecule has 4 nitrogen and oxygen atoms in total. The smallest absolute Gasteiger partial charge is 0.261 e. The first-order chi connectivity index (χ1) is 25.2. The quantitative estimate of drug-likeness (QED) is 0.0862. The Bertz CT molecular complexity index is 1960. The Morgan fingerprint density at radius 1 is 0.808 bits per heavy atom. The minimum atomic E-state index is -2.54. The van der Waals surface area contributed by atoms with Gasteiger partial charge in [0.25, 0.3) is 8.32 Å². The highest BCUT2D eigenvalue weighted by molar-refractivity contribution is 6.99. The van der Waals surface area contributed by atoms with Crippen molar-refractivity contribution in [3.05, 3.63) is 143 Å². The molecule has 8 rings (SSSR count). The Labute approximate surface area is 316 Å². The highest BCUT2D eigenvalue weighted by Gasteiger charge is 2.51. The Kier molecular flexibility index (Phi) is 9.67. The van der Waals surface area contributed by atoms with Crippen LogP contribution in [-0.4, -0.2) is 26.0 Å². The number of halogens is 1. The molecule has 3 aliphatic carbocycles. The standard InChI is InChI=1S/C46H51ClN2O2Si/c1-44(2,3)52(37-13-6-4-7-14-37,38-15-8-5-9-16-38)50-30-12-24-45(25-26-45)35-19-22-42(47)34(31-35)32-49-46(27-28-46)41-33-48-29-23-39(41)40-17-10-11-18-43(40)51-36-20-21-36/h4-11,13-19,22-23,29,31,33,36,49H,12,20-21,24-28,30,32H2,1-3H3. The van der Waals surface area contributed by atoms with Crippen LogP contribution in [-0.2, 0) is 21.9 Å². The van der Waals surface area contributed by atoms with E-state index in [2.05, 4.69) is 146 Å². The Hall–Kier alpha value is -3.74. The molecule has 0 bridgehead atoms. The first-order valence-electron chi connectivity index (χ1n) is 19.2. The number of nitrogens with one attached hydrogen (secondary N) is 1. The van der Waals surface area contributed by atoms with Crippen molar-refractivity contribution in [2.75, 3.05) is 6.61 Å². The average Bonchev–Trinajstić information content (AvgIpc) is 4.04. The zero-order valence-corrected chi connectivity index (χ0v) is 32.6. The molecule has 1 aromatic heterocycles. The van der Waals surface area contributed by atoms with Crippen molar-refractivity contribution in [2.24, 2.45) is 0 Å². The lowest BCUT2D eigenvalue weighted by molar-refractivity contribution is 0.282. The summed E-state index contributed by atoms with van der Waals surface area (Å²) >= 11 is 6.92. The van der Waals surface area contributed by atoms with Gasteiger partial charge in [-0.1, -0.05) is 123 Å². The number of nitrogens with zero attached hydrogens (tertiary/aromatic N) is 1. The van der Waals surface area contributed by atoms with E-state index in [-0.39, 0.29) is 16.0 Å². The van der Waals surface area contributed by atoms with Crippen LogP contribution in [0.3, 0.4) is 0 Å². The molecule has 0 unspecified atom stereocenters. The Balaban J connectivity index is 0.969. The van der Waals surface area contributed by atoms with Crippen molar-refractivity contribution in [3.8, 4) is 16.9 Å². The van der Waals surface area contributed by atoms with Crippen LogP contribution in [0.4, 0.5) is 0 Å². The van der Waals surface area contributed by atoms with E-state index in [9.17, 15) is 0 Å². The van der Waals surface area contributed by atoms with Gasteiger partial charge >= 0.3 is 0 Å². The summed E-state index contributed by atoms with van der Waals surface area (Å²) in [4.78, 5) is 4.59. The van der Waals surface area contributed by atoms with Gasteiger partial charge in [0.15, 0.2) is 0 Å². The monoisotopic (exact) mass is 726 g/mol. The van der Waals surface area contributed by atoms with Gasteiger partial charge in [0.1, 0.15) is 5.75 Å². The average molecular weight is 727 g/mol.